The average Bonchev–Trinajstić information content (AvgIpc) is 2.22. The monoisotopic (exact) mass is 196 g/mol. The molecule has 0 saturated heterocycles. The standard InChI is InChI=1S/C10H16N2O2/c1-5-9(13)11(3)7-8-12(4)10(14)6-2/h5-6H,1-2,7-8H2,3-4H3. The summed E-state index contributed by atoms with van der Waals surface area (Å²) >= 11 is 0. The fourth-order valence-corrected chi connectivity index (χ4v) is 0.832. The van der Waals surface area contributed by atoms with E-state index < -0.39 is 0 Å². The summed E-state index contributed by atoms with van der Waals surface area (Å²) in [5, 5.41) is 0. The van der Waals surface area contributed by atoms with E-state index in [4.69, 9.17) is 0 Å². The van der Waals surface area contributed by atoms with Crippen LogP contribution in [0.3, 0.4) is 0 Å². The predicted molar refractivity (Wildman–Crippen MR) is 55.7 cm³/mol. The van der Waals surface area contributed by atoms with Crippen LogP contribution in [0.25, 0.3) is 0 Å². The van der Waals surface area contributed by atoms with E-state index in [1.54, 1.807) is 14.1 Å². The second-order valence-corrected chi connectivity index (χ2v) is 2.93. The summed E-state index contributed by atoms with van der Waals surface area (Å²) in [5.74, 6) is -0.297. The zero-order valence-electron chi connectivity index (χ0n) is 8.69. The first-order valence-electron chi connectivity index (χ1n) is 4.28. The van der Waals surface area contributed by atoms with E-state index >= 15 is 0 Å². The van der Waals surface area contributed by atoms with Crippen molar-refractivity contribution in [1.29, 1.82) is 0 Å². The van der Waals surface area contributed by atoms with Crippen molar-refractivity contribution in [3.05, 3.63) is 25.3 Å². The molecule has 2 amide bonds. The highest BCUT2D eigenvalue weighted by molar-refractivity contribution is 5.87. The molecule has 0 heterocycles. The molecule has 0 spiro atoms. The molecule has 14 heavy (non-hydrogen) atoms. The van der Waals surface area contributed by atoms with E-state index in [2.05, 4.69) is 13.2 Å². The number of carbonyl (C=O) groups excluding carboxylic acids is 2. The number of amides is 2. The van der Waals surface area contributed by atoms with Crippen molar-refractivity contribution < 1.29 is 9.59 Å². The minimum Gasteiger partial charge on any atom is -0.340 e. The van der Waals surface area contributed by atoms with Gasteiger partial charge in [0.2, 0.25) is 11.8 Å². The highest BCUT2D eigenvalue weighted by Gasteiger charge is 2.07. The van der Waals surface area contributed by atoms with Crippen molar-refractivity contribution in [3.63, 3.8) is 0 Å². The molecule has 0 radical (unpaired) electrons. The fraction of sp³-hybridized carbons (Fsp3) is 0.400. The van der Waals surface area contributed by atoms with E-state index in [1.165, 1.54) is 22.0 Å². The summed E-state index contributed by atoms with van der Waals surface area (Å²) in [6.45, 7) is 7.72. The normalized spacial score (nSPS) is 9.00. The summed E-state index contributed by atoms with van der Waals surface area (Å²) in [7, 11) is 3.33. The van der Waals surface area contributed by atoms with Crippen molar-refractivity contribution in [2.24, 2.45) is 0 Å². The molecular formula is C10H16N2O2. The number of hydrogen-bond acceptors (Lipinski definition) is 2. The number of carbonyl (C=O) groups is 2. The molecule has 0 unspecified atom stereocenters. The van der Waals surface area contributed by atoms with Crippen LogP contribution in [-0.4, -0.2) is 48.8 Å². The molecule has 0 aliphatic heterocycles. The highest BCUT2D eigenvalue weighted by atomic mass is 16.2. The van der Waals surface area contributed by atoms with Gasteiger partial charge in [0.05, 0.1) is 0 Å². The number of likely N-dealkylation sites (N-methyl/N-ethyl adjacent to an activating group) is 2. The van der Waals surface area contributed by atoms with Crippen molar-refractivity contribution in [2.75, 3.05) is 27.2 Å². The van der Waals surface area contributed by atoms with Gasteiger partial charge in [-0.2, -0.15) is 0 Å². The SMILES string of the molecule is C=CC(=O)N(C)CCN(C)C(=O)C=C. The van der Waals surface area contributed by atoms with Crippen molar-refractivity contribution in [1.82, 2.24) is 9.80 Å². The van der Waals surface area contributed by atoms with Gasteiger partial charge in [-0.15, -0.1) is 0 Å². The lowest BCUT2D eigenvalue weighted by Crippen LogP contribution is -2.35. The molecule has 0 N–H and O–H groups in total. The third-order valence-electron chi connectivity index (χ3n) is 1.87. The van der Waals surface area contributed by atoms with Gasteiger partial charge in [-0.1, -0.05) is 13.2 Å². The van der Waals surface area contributed by atoms with Crippen LogP contribution < -0.4 is 0 Å². The lowest BCUT2D eigenvalue weighted by molar-refractivity contribution is -0.128. The first-order valence-corrected chi connectivity index (χ1v) is 4.28. The van der Waals surface area contributed by atoms with E-state index in [0.29, 0.717) is 13.1 Å². The molecule has 0 bridgehead atoms. The van der Waals surface area contributed by atoms with Gasteiger partial charge < -0.3 is 9.80 Å². The molecular weight excluding hydrogens is 180 g/mol. The molecule has 0 rings (SSSR count). The van der Waals surface area contributed by atoms with Gasteiger partial charge >= 0.3 is 0 Å². The zero-order valence-corrected chi connectivity index (χ0v) is 8.69. The second kappa shape index (κ2) is 5.96. The fourth-order valence-electron chi connectivity index (χ4n) is 0.832. The third kappa shape index (κ3) is 3.89. The molecule has 0 aromatic carbocycles. The second-order valence-electron chi connectivity index (χ2n) is 2.93. The Morgan fingerprint density at radius 3 is 1.50 bits per heavy atom. The molecule has 0 aromatic rings. The smallest absolute Gasteiger partial charge is 0.245 e. The number of hydrogen-bond donors (Lipinski definition) is 0. The van der Waals surface area contributed by atoms with Crippen LogP contribution in [0.15, 0.2) is 25.3 Å². The zero-order chi connectivity index (χ0) is 11.1. The third-order valence-corrected chi connectivity index (χ3v) is 1.87. The van der Waals surface area contributed by atoms with Crippen molar-refractivity contribution >= 4 is 11.8 Å². The summed E-state index contributed by atoms with van der Waals surface area (Å²) in [5.41, 5.74) is 0. The van der Waals surface area contributed by atoms with Gasteiger partial charge in [-0.25, -0.2) is 0 Å². The minimum atomic E-state index is -0.149. The molecule has 0 aliphatic carbocycles. The molecule has 4 heteroatoms. The molecule has 0 saturated carbocycles. The van der Waals surface area contributed by atoms with E-state index in [-0.39, 0.29) is 11.8 Å². The molecule has 4 nitrogen and oxygen atoms in total. The Morgan fingerprint density at radius 2 is 1.29 bits per heavy atom. The van der Waals surface area contributed by atoms with Crippen LogP contribution in [0.1, 0.15) is 0 Å². The van der Waals surface area contributed by atoms with Crippen molar-refractivity contribution in [3.8, 4) is 0 Å². The maximum Gasteiger partial charge on any atom is 0.245 e. The lowest BCUT2D eigenvalue weighted by Gasteiger charge is -2.20. The van der Waals surface area contributed by atoms with Gasteiger partial charge in [-0.05, 0) is 12.2 Å². The van der Waals surface area contributed by atoms with E-state index in [1.807, 2.05) is 0 Å². The molecule has 0 aliphatic rings. The number of rotatable bonds is 5. The summed E-state index contributed by atoms with van der Waals surface area (Å²) < 4.78 is 0. The maximum absolute atomic E-state index is 11.0. The van der Waals surface area contributed by atoms with Gasteiger partial charge in [0.15, 0.2) is 0 Å². The molecule has 78 valence electrons. The van der Waals surface area contributed by atoms with Crippen LogP contribution in [-0.2, 0) is 9.59 Å². The summed E-state index contributed by atoms with van der Waals surface area (Å²) in [6.07, 6.45) is 2.49. The average molecular weight is 196 g/mol. The Hall–Kier alpha value is -1.58. The largest absolute Gasteiger partial charge is 0.340 e. The van der Waals surface area contributed by atoms with Gasteiger partial charge in [0.1, 0.15) is 0 Å². The van der Waals surface area contributed by atoms with Gasteiger partial charge in [0, 0.05) is 27.2 Å². The Balaban J connectivity index is 3.93. The van der Waals surface area contributed by atoms with E-state index in [9.17, 15) is 9.59 Å². The van der Waals surface area contributed by atoms with Crippen LogP contribution in [0, 0.1) is 0 Å². The Bertz CT molecular complexity index is 223. The van der Waals surface area contributed by atoms with Crippen LogP contribution in [0.4, 0.5) is 0 Å². The summed E-state index contributed by atoms with van der Waals surface area (Å²) in [4.78, 5) is 25.1. The Kier molecular flexibility index (Phi) is 5.29. The minimum absolute atomic E-state index is 0.149. The lowest BCUT2D eigenvalue weighted by atomic mass is 10.4. The van der Waals surface area contributed by atoms with Crippen LogP contribution in [0.2, 0.25) is 0 Å². The first-order chi connectivity index (χ1) is 6.52. The summed E-state index contributed by atoms with van der Waals surface area (Å²) in [6, 6.07) is 0. The highest BCUT2D eigenvalue weighted by Crippen LogP contribution is 1.90. The van der Waals surface area contributed by atoms with E-state index in [0.717, 1.165) is 0 Å². The topological polar surface area (TPSA) is 40.6 Å². The van der Waals surface area contributed by atoms with Crippen molar-refractivity contribution in [2.45, 2.75) is 0 Å². The van der Waals surface area contributed by atoms with Gasteiger partial charge in [0.25, 0.3) is 0 Å². The molecule has 0 aromatic heterocycles. The molecule has 0 fully saturated rings. The maximum atomic E-state index is 11.0. The Labute approximate surface area is 84.5 Å². The van der Waals surface area contributed by atoms with Crippen LogP contribution in [0.5, 0.6) is 0 Å². The van der Waals surface area contributed by atoms with Crippen LogP contribution >= 0.6 is 0 Å². The molecule has 0 atom stereocenters. The Morgan fingerprint density at radius 1 is 1.00 bits per heavy atom. The predicted octanol–water partition coefficient (Wildman–Crippen LogP) is 0.275. The van der Waals surface area contributed by atoms with Gasteiger partial charge in [-0.3, -0.25) is 9.59 Å². The number of nitrogens with zero attached hydrogens (tertiary/aromatic N) is 2. The first kappa shape index (κ1) is 12.4. The quantitative estimate of drug-likeness (QED) is 0.592.